The Morgan fingerprint density at radius 3 is 2.71 bits per heavy atom. The Morgan fingerprint density at radius 1 is 1.17 bits per heavy atom. The van der Waals surface area contributed by atoms with Crippen LogP contribution in [0.25, 0.3) is 10.8 Å². The molecule has 1 atom stereocenters. The lowest BCUT2D eigenvalue weighted by atomic mass is 10.00. The molecule has 0 aliphatic rings. The number of carbonyl (C=O) groups excluding carboxylic acids is 1. The molecule has 124 valence electrons. The molecule has 1 heterocycles. The number of hydrogen-bond acceptors (Lipinski definition) is 6. The van der Waals surface area contributed by atoms with Crippen LogP contribution in [0.4, 0.5) is 0 Å². The minimum absolute atomic E-state index is 0.00124. The Labute approximate surface area is 153 Å². The second-order valence-electron chi connectivity index (χ2n) is 5.18. The molecule has 4 nitrogen and oxygen atoms in total. The Balaban J connectivity index is 1.63. The third kappa shape index (κ3) is 4.09. The molecule has 1 unspecified atom stereocenters. The highest BCUT2D eigenvalue weighted by Crippen LogP contribution is 2.28. The Morgan fingerprint density at radius 2 is 1.92 bits per heavy atom. The lowest BCUT2D eigenvalue weighted by Gasteiger charge is -2.16. The Bertz CT molecular complexity index is 844. The van der Waals surface area contributed by atoms with Crippen LogP contribution in [0.2, 0.25) is 0 Å². The molecule has 0 radical (unpaired) electrons. The number of benzene rings is 2. The first-order valence-electron chi connectivity index (χ1n) is 7.44. The molecule has 0 saturated carbocycles. The van der Waals surface area contributed by atoms with Gasteiger partial charge in [0.1, 0.15) is 0 Å². The monoisotopic (exact) mass is 375 g/mol. The number of thioether (sulfide) groups is 2. The van der Waals surface area contributed by atoms with Crippen molar-refractivity contribution in [2.24, 2.45) is 0 Å². The zero-order valence-corrected chi connectivity index (χ0v) is 15.8. The summed E-state index contributed by atoms with van der Waals surface area (Å²) in [6.45, 7) is 2.01. The summed E-state index contributed by atoms with van der Waals surface area (Å²) in [5, 5.41) is 13.5. The van der Waals surface area contributed by atoms with Crippen LogP contribution in [0.15, 0.2) is 51.1 Å². The Hall–Kier alpha value is -1.57. The van der Waals surface area contributed by atoms with E-state index in [1.807, 2.05) is 31.4 Å². The molecule has 0 spiro atoms. The molecule has 3 aromatic rings. The van der Waals surface area contributed by atoms with Gasteiger partial charge in [-0.1, -0.05) is 77.3 Å². The predicted octanol–water partition coefficient (Wildman–Crippen LogP) is 4.38. The maximum absolute atomic E-state index is 12.2. The number of hydrogen-bond donors (Lipinski definition) is 1. The highest BCUT2D eigenvalue weighted by Gasteiger charge is 2.13. The maximum Gasteiger partial charge on any atom is 0.230 e. The van der Waals surface area contributed by atoms with Crippen LogP contribution in [0, 0.1) is 0 Å². The SMILES string of the molecule is CSc1nnc(SCC(=O)NC(C)c2cccc3ccccc23)s1. The van der Waals surface area contributed by atoms with Gasteiger partial charge in [0.15, 0.2) is 8.68 Å². The van der Waals surface area contributed by atoms with E-state index < -0.39 is 0 Å². The van der Waals surface area contributed by atoms with Gasteiger partial charge in [0.2, 0.25) is 5.91 Å². The first-order chi connectivity index (χ1) is 11.7. The van der Waals surface area contributed by atoms with Crippen molar-refractivity contribution < 1.29 is 4.79 Å². The minimum atomic E-state index is -0.0413. The number of amides is 1. The van der Waals surface area contributed by atoms with Gasteiger partial charge in [-0.05, 0) is 29.5 Å². The summed E-state index contributed by atoms with van der Waals surface area (Å²) in [6.07, 6.45) is 1.97. The summed E-state index contributed by atoms with van der Waals surface area (Å²) in [4.78, 5) is 12.2. The number of nitrogens with one attached hydrogen (secondary N) is 1. The van der Waals surface area contributed by atoms with Gasteiger partial charge in [0.05, 0.1) is 11.8 Å². The van der Waals surface area contributed by atoms with Crippen LogP contribution in [0.5, 0.6) is 0 Å². The molecule has 0 bridgehead atoms. The maximum atomic E-state index is 12.2. The van der Waals surface area contributed by atoms with Gasteiger partial charge in [0.25, 0.3) is 0 Å². The van der Waals surface area contributed by atoms with Crippen molar-refractivity contribution in [1.82, 2.24) is 15.5 Å². The van der Waals surface area contributed by atoms with E-state index in [-0.39, 0.29) is 11.9 Å². The molecule has 0 fully saturated rings. The van der Waals surface area contributed by atoms with Gasteiger partial charge < -0.3 is 5.32 Å². The largest absolute Gasteiger partial charge is 0.349 e. The van der Waals surface area contributed by atoms with Crippen molar-refractivity contribution in [3.63, 3.8) is 0 Å². The van der Waals surface area contributed by atoms with E-state index in [9.17, 15) is 4.79 Å². The first kappa shape index (κ1) is 17.3. The van der Waals surface area contributed by atoms with Crippen molar-refractivity contribution in [2.45, 2.75) is 21.6 Å². The quantitative estimate of drug-likeness (QED) is 0.648. The molecule has 0 saturated heterocycles. The van der Waals surface area contributed by atoms with E-state index >= 15 is 0 Å². The van der Waals surface area contributed by atoms with Crippen LogP contribution >= 0.6 is 34.9 Å². The van der Waals surface area contributed by atoms with Crippen molar-refractivity contribution in [3.8, 4) is 0 Å². The fourth-order valence-electron chi connectivity index (χ4n) is 2.45. The molecular weight excluding hydrogens is 358 g/mol. The number of fused-ring (bicyclic) bond motifs is 1. The summed E-state index contributed by atoms with van der Waals surface area (Å²) in [5.41, 5.74) is 1.13. The number of aromatic nitrogens is 2. The smallest absolute Gasteiger partial charge is 0.230 e. The van der Waals surface area contributed by atoms with Crippen LogP contribution in [-0.4, -0.2) is 28.1 Å². The highest BCUT2D eigenvalue weighted by molar-refractivity contribution is 8.03. The normalized spacial score (nSPS) is 12.2. The van der Waals surface area contributed by atoms with Gasteiger partial charge in [-0.3, -0.25) is 4.79 Å². The number of nitrogens with zero attached hydrogens (tertiary/aromatic N) is 2. The summed E-state index contributed by atoms with van der Waals surface area (Å²) >= 11 is 4.50. The summed E-state index contributed by atoms with van der Waals surface area (Å²) < 4.78 is 1.74. The van der Waals surface area contributed by atoms with Gasteiger partial charge >= 0.3 is 0 Å². The van der Waals surface area contributed by atoms with Gasteiger partial charge in [-0.15, -0.1) is 10.2 Å². The lowest BCUT2D eigenvalue weighted by Crippen LogP contribution is -2.28. The minimum Gasteiger partial charge on any atom is -0.349 e. The van der Waals surface area contributed by atoms with Crippen molar-refractivity contribution >= 4 is 51.5 Å². The van der Waals surface area contributed by atoms with Gasteiger partial charge in [-0.2, -0.15) is 0 Å². The van der Waals surface area contributed by atoms with Gasteiger partial charge in [0, 0.05) is 0 Å². The molecule has 24 heavy (non-hydrogen) atoms. The van der Waals surface area contributed by atoms with Crippen molar-refractivity contribution in [2.75, 3.05) is 12.0 Å². The molecule has 0 aliphatic heterocycles. The average molecular weight is 376 g/mol. The Kier molecular flexibility index (Phi) is 5.76. The van der Waals surface area contributed by atoms with Crippen LogP contribution in [0.1, 0.15) is 18.5 Å². The number of carbonyl (C=O) groups is 1. The van der Waals surface area contributed by atoms with E-state index in [1.54, 1.807) is 11.8 Å². The molecule has 1 aromatic heterocycles. The van der Waals surface area contributed by atoms with E-state index in [0.717, 1.165) is 14.2 Å². The third-order valence-corrected chi connectivity index (χ3v) is 6.59. The first-order valence-corrected chi connectivity index (χ1v) is 10.5. The number of rotatable bonds is 6. The summed E-state index contributed by atoms with van der Waals surface area (Å²) in [6, 6.07) is 14.4. The fraction of sp³-hybridized carbons (Fsp3) is 0.235. The van der Waals surface area contributed by atoms with Crippen LogP contribution in [0.3, 0.4) is 0 Å². The van der Waals surface area contributed by atoms with E-state index in [1.165, 1.54) is 33.9 Å². The summed E-state index contributed by atoms with van der Waals surface area (Å²) in [5.74, 6) is 0.347. The van der Waals surface area contributed by atoms with Gasteiger partial charge in [-0.25, -0.2) is 0 Å². The average Bonchev–Trinajstić information content (AvgIpc) is 3.07. The van der Waals surface area contributed by atoms with E-state index in [4.69, 9.17) is 0 Å². The predicted molar refractivity (Wildman–Crippen MR) is 103 cm³/mol. The fourth-order valence-corrected chi connectivity index (χ4v) is 4.70. The molecule has 3 rings (SSSR count). The van der Waals surface area contributed by atoms with Crippen molar-refractivity contribution in [1.29, 1.82) is 0 Å². The molecule has 7 heteroatoms. The molecule has 0 aliphatic carbocycles. The molecular formula is C17H17N3OS3. The zero-order valence-electron chi connectivity index (χ0n) is 13.4. The summed E-state index contributed by atoms with van der Waals surface area (Å²) in [7, 11) is 0. The second kappa shape index (κ2) is 8.00. The second-order valence-corrected chi connectivity index (χ2v) is 8.44. The van der Waals surface area contributed by atoms with Crippen LogP contribution in [-0.2, 0) is 4.79 Å². The molecule has 1 amide bonds. The topological polar surface area (TPSA) is 54.9 Å². The zero-order chi connectivity index (χ0) is 16.9. The lowest BCUT2D eigenvalue weighted by molar-refractivity contribution is -0.119. The van der Waals surface area contributed by atoms with E-state index in [0.29, 0.717) is 5.75 Å². The van der Waals surface area contributed by atoms with Crippen LogP contribution < -0.4 is 5.32 Å². The standard InChI is InChI=1S/C17H17N3OS3/c1-11(13-9-5-7-12-6-3-4-8-14(12)13)18-15(21)10-23-17-20-19-16(22-2)24-17/h3-9,11H,10H2,1-2H3,(H,18,21). The molecule has 1 N–H and O–H groups in total. The highest BCUT2D eigenvalue weighted by atomic mass is 32.2. The van der Waals surface area contributed by atoms with Crippen molar-refractivity contribution in [3.05, 3.63) is 48.0 Å². The molecule has 2 aromatic carbocycles. The van der Waals surface area contributed by atoms with E-state index in [2.05, 4.69) is 39.8 Å². The third-order valence-electron chi connectivity index (χ3n) is 3.56.